The number of amides is 1. The van der Waals surface area contributed by atoms with Crippen LogP contribution in [0.5, 0.6) is 0 Å². The van der Waals surface area contributed by atoms with Gasteiger partial charge in [-0.3, -0.25) is 0 Å². The van der Waals surface area contributed by atoms with Gasteiger partial charge in [0.1, 0.15) is 5.76 Å². The first-order chi connectivity index (χ1) is 4.74. The van der Waals surface area contributed by atoms with Gasteiger partial charge in [0.15, 0.2) is 0 Å². The van der Waals surface area contributed by atoms with Gasteiger partial charge in [-0.25, -0.2) is 4.79 Å². The average Bonchev–Trinajstić information content (AvgIpc) is 2.13. The molecule has 0 radical (unpaired) electrons. The van der Waals surface area contributed by atoms with E-state index in [0.29, 0.717) is 12.3 Å². The molecule has 1 aliphatic rings. The van der Waals surface area contributed by atoms with E-state index < -0.39 is 0 Å². The second-order valence-electron chi connectivity index (χ2n) is 2.33. The van der Waals surface area contributed by atoms with Crippen molar-refractivity contribution < 1.29 is 9.53 Å². The van der Waals surface area contributed by atoms with Crippen molar-refractivity contribution in [3.63, 3.8) is 0 Å². The minimum absolute atomic E-state index is 0.258. The molecule has 56 valence electrons. The summed E-state index contributed by atoms with van der Waals surface area (Å²) in [5.74, 6) is 0.554. The van der Waals surface area contributed by atoms with Crippen LogP contribution in [0.25, 0.3) is 0 Å². The van der Waals surface area contributed by atoms with Crippen molar-refractivity contribution in [1.29, 1.82) is 0 Å². The molecule has 1 saturated heterocycles. The molecular weight excluding hydrogens is 130 g/mol. The average molecular weight is 141 g/mol. The summed E-state index contributed by atoms with van der Waals surface area (Å²) in [4.78, 5) is 12.5. The molecule has 0 aromatic carbocycles. The quantitative estimate of drug-likeness (QED) is 0.581. The van der Waals surface area contributed by atoms with E-state index in [9.17, 15) is 4.79 Å². The van der Waals surface area contributed by atoms with Gasteiger partial charge < -0.3 is 9.64 Å². The summed E-state index contributed by atoms with van der Waals surface area (Å²) in [5, 5.41) is 0. The van der Waals surface area contributed by atoms with Gasteiger partial charge in [0.25, 0.3) is 0 Å². The van der Waals surface area contributed by atoms with E-state index in [0.717, 1.165) is 13.0 Å². The summed E-state index contributed by atoms with van der Waals surface area (Å²) in [6.07, 6.45) is 0.703. The molecule has 0 spiro atoms. The Hall–Kier alpha value is -0.990. The van der Waals surface area contributed by atoms with Crippen LogP contribution in [0.2, 0.25) is 0 Å². The number of hydrogen-bond donors (Lipinski definition) is 0. The maximum atomic E-state index is 10.8. The Morgan fingerprint density at radius 2 is 2.50 bits per heavy atom. The summed E-state index contributed by atoms with van der Waals surface area (Å²) < 4.78 is 4.72. The highest BCUT2D eigenvalue weighted by Gasteiger charge is 2.23. The zero-order valence-corrected chi connectivity index (χ0v) is 6.09. The van der Waals surface area contributed by atoms with Crippen LogP contribution in [0.4, 0.5) is 4.79 Å². The molecule has 0 atom stereocenters. The fourth-order valence-electron chi connectivity index (χ4n) is 0.938. The van der Waals surface area contributed by atoms with E-state index in [4.69, 9.17) is 4.74 Å². The Kier molecular flexibility index (Phi) is 1.94. The van der Waals surface area contributed by atoms with Crippen LogP contribution in [0.3, 0.4) is 0 Å². The molecule has 0 unspecified atom stereocenters. The van der Waals surface area contributed by atoms with Crippen LogP contribution in [0.15, 0.2) is 12.3 Å². The fourth-order valence-corrected chi connectivity index (χ4v) is 0.938. The zero-order chi connectivity index (χ0) is 7.56. The molecule has 0 saturated carbocycles. The summed E-state index contributed by atoms with van der Waals surface area (Å²) >= 11 is 0. The summed E-state index contributed by atoms with van der Waals surface area (Å²) in [6, 6.07) is 0. The standard InChI is InChI=1S/C7H11NO2/c1-3-4-8-5-6(2)10-7(8)9/h2-5H2,1H3. The van der Waals surface area contributed by atoms with Crippen molar-refractivity contribution >= 4 is 6.09 Å². The first kappa shape index (κ1) is 7.12. The van der Waals surface area contributed by atoms with Crippen LogP contribution >= 0.6 is 0 Å². The van der Waals surface area contributed by atoms with Crippen LogP contribution in [0, 0.1) is 0 Å². The maximum Gasteiger partial charge on any atom is 0.415 e. The third kappa shape index (κ3) is 1.29. The van der Waals surface area contributed by atoms with Crippen molar-refractivity contribution in [2.45, 2.75) is 13.3 Å². The smallest absolute Gasteiger partial charge is 0.413 e. The van der Waals surface area contributed by atoms with E-state index in [-0.39, 0.29) is 6.09 Å². The number of carbonyl (C=O) groups is 1. The Bertz CT molecular complexity index is 165. The molecule has 0 aliphatic carbocycles. The highest BCUT2D eigenvalue weighted by molar-refractivity contribution is 5.71. The third-order valence-corrected chi connectivity index (χ3v) is 1.35. The highest BCUT2D eigenvalue weighted by atomic mass is 16.6. The molecule has 1 fully saturated rings. The van der Waals surface area contributed by atoms with Gasteiger partial charge in [0, 0.05) is 6.54 Å². The van der Waals surface area contributed by atoms with Gasteiger partial charge in [0.05, 0.1) is 6.54 Å². The van der Waals surface area contributed by atoms with Crippen molar-refractivity contribution in [3.05, 3.63) is 12.3 Å². The van der Waals surface area contributed by atoms with Crippen LogP contribution in [-0.4, -0.2) is 24.1 Å². The normalized spacial score (nSPS) is 17.9. The van der Waals surface area contributed by atoms with E-state index in [1.165, 1.54) is 0 Å². The molecule has 10 heavy (non-hydrogen) atoms. The molecule has 3 heteroatoms. The molecule has 0 aromatic heterocycles. The fraction of sp³-hybridized carbons (Fsp3) is 0.571. The number of hydrogen-bond acceptors (Lipinski definition) is 2. The molecule has 3 nitrogen and oxygen atoms in total. The van der Waals surface area contributed by atoms with Crippen LogP contribution < -0.4 is 0 Å². The lowest BCUT2D eigenvalue weighted by Crippen LogP contribution is -2.24. The van der Waals surface area contributed by atoms with Gasteiger partial charge in [-0.15, -0.1) is 0 Å². The molecule has 1 amide bonds. The van der Waals surface area contributed by atoms with Gasteiger partial charge in [-0.05, 0) is 6.42 Å². The van der Waals surface area contributed by atoms with E-state index in [2.05, 4.69) is 6.58 Å². The van der Waals surface area contributed by atoms with Crippen molar-refractivity contribution in [3.8, 4) is 0 Å². The Balaban J connectivity index is 2.46. The topological polar surface area (TPSA) is 29.5 Å². The Morgan fingerprint density at radius 3 is 2.90 bits per heavy atom. The number of cyclic esters (lactones) is 1. The highest BCUT2D eigenvalue weighted by Crippen LogP contribution is 2.11. The second kappa shape index (κ2) is 2.73. The molecule has 1 rings (SSSR count). The Morgan fingerprint density at radius 1 is 1.80 bits per heavy atom. The molecule has 0 bridgehead atoms. The lowest BCUT2D eigenvalue weighted by molar-refractivity contribution is 0.169. The van der Waals surface area contributed by atoms with E-state index >= 15 is 0 Å². The molecule has 0 N–H and O–H groups in total. The maximum absolute atomic E-state index is 10.8. The van der Waals surface area contributed by atoms with Gasteiger partial charge >= 0.3 is 6.09 Å². The summed E-state index contributed by atoms with van der Waals surface area (Å²) in [6.45, 7) is 6.90. The lowest BCUT2D eigenvalue weighted by Gasteiger charge is -2.08. The second-order valence-corrected chi connectivity index (χ2v) is 2.33. The number of ether oxygens (including phenoxy) is 1. The first-order valence-electron chi connectivity index (χ1n) is 3.38. The first-order valence-corrected chi connectivity index (χ1v) is 3.38. The predicted octanol–water partition coefficient (Wildman–Crippen LogP) is 1.36. The molecule has 1 aliphatic heterocycles. The number of carbonyl (C=O) groups excluding carboxylic acids is 1. The number of rotatable bonds is 2. The molecule has 0 aromatic rings. The van der Waals surface area contributed by atoms with E-state index in [1.54, 1.807) is 4.90 Å². The summed E-state index contributed by atoms with van der Waals surface area (Å²) in [7, 11) is 0. The largest absolute Gasteiger partial charge is 0.415 e. The molecule has 1 heterocycles. The van der Waals surface area contributed by atoms with Crippen molar-refractivity contribution in [2.24, 2.45) is 0 Å². The minimum Gasteiger partial charge on any atom is -0.413 e. The molecular formula is C7H11NO2. The number of nitrogens with zero attached hydrogens (tertiary/aromatic N) is 1. The van der Waals surface area contributed by atoms with Gasteiger partial charge in [-0.2, -0.15) is 0 Å². The van der Waals surface area contributed by atoms with Gasteiger partial charge in [-0.1, -0.05) is 13.5 Å². The van der Waals surface area contributed by atoms with Crippen molar-refractivity contribution in [2.75, 3.05) is 13.1 Å². The zero-order valence-electron chi connectivity index (χ0n) is 6.09. The third-order valence-electron chi connectivity index (χ3n) is 1.35. The van der Waals surface area contributed by atoms with Gasteiger partial charge in [0.2, 0.25) is 0 Å². The Labute approximate surface area is 60.3 Å². The van der Waals surface area contributed by atoms with E-state index in [1.807, 2.05) is 6.92 Å². The summed E-state index contributed by atoms with van der Waals surface area (Å²) in [5.41, 5.74) is 0. The minimum atomic E-state index is -0.258. The monoisotopic (exact) mass is 141 g/mol. The predicted molar refractivity (Wildman–Crippen MR) is 37.5 cm³/mol. The van der Waals surface area contributed by atoms with Crippen molar-refractivity contribution in [1.82, 2.24) is 4.90 Å². The SMILES string of the molecule is C=C1CN(CCC)C(=O)O1. The van der Waals surface area contributed by atoms with Crippen LogP contribution in [0.1, 0.15) is 13.3 Å². The van der Waals surface area contributed by atoms with Crippen LogP contribution in [-0.2, 0) is 4.74 Å². The lowest BCUT2D eigenvalue weighted by atomic mass is 10.4.